The lowest BCUT2D eigenvalue weighted by molar-refractivity contribution is -0.385. The molecular formula is C27H27F3N4O6. The number of hydrogen-bond acceptors (Lipinski definition) is 6. The number of hydrogen-bond donors (Lipinski definition) is 1. The molecule has 2 aromatic carbocycles. The molecule has 0 spiro atoms. The molecule has 0 saturated heterocycles. The van der Waals surface area contributed by atoms with E-state index in [0.717, 1.165) is 18.2 Å². The second-order valence-electron chi connectivity index (χ2n) is 9.95. The molecule has 0 aliphatic carbocycles. The Morgan fingerprint density at radius 1 is 1.07 bits per heavy atom. The minimum atomic E-state index is -4.83. The van der Waals surface area contributed by atoms with Gasteiger partial charge in [0, 0.05) is 37.1 Å². The van der Waals surface area contributed by atoms with Crippen LogP contribution in [-0.4, -0.2) is 34.1 Å². The van der Waals surface area contributed by atoms with E-state index in [9.17, 15) is 37.7 Å². The van der Waals surface area contributed by atoms with Gasteiger partial charge in [-0.1, -0.05) is 6.07 Å². The van der Waals surface area contributed by atoms with E-state index >= 15 is 0 Å². The van der Waals surface area contributed by atoms with Crippen LogP contribution in [0.5, 0.6) is 0 Å². The summed E-state index contributed by atoms with van der Waals surface area (Å²) in [6.07, 6.45) is -4.20. The number of alkyl halides is 3. The van der Waals surface area contributed by atoms with E-state index in [1.807, 2.05) is 0 Å². The molecule has 3 rings (SSSR count). The van der Waals surface area contributed by atoms with Crippen LogP contribution in [0.3, 0.4) is 0 Å². The molecule has 10 nitrogen and oxygen atoms in total. The number of carbonyl (C=O) groups excluding carboxylic acids is 2. The van der Waals surface area contributed by atoms with Gasteiger partial charge in [-0.25, -0.2) is 4.79 Å². The van der Waals surface area contributed by atoms with Crippen LogP contribution in [0.1, 0.15) is 55.2 Å². The highest BCUT2D eigenvalue weighted by Gasteiger charge is 2.33. The molecule has 40 heavy (non-hydrogen) atoms. The molecule has 2 amide bonds. The van der Waals surface area contributed by atoms with Gasteiger partial charge < -0.3 is 10.1 Å². The second kappa shape index (κ2) is 11.2. The van der Waals surface area contributed by atoms with Gasteiger partial charge in [0.05, 0.1) is 27.8 Å². The van der Waals surface area contributed by atoms with Crippen LogP contribution in [0.4, 0.5) is 29.3 Å². The van der Waals surface area contributed by atoms with Gasteiger partial charge >= 0.3 is 12.3 Å². The summed E-state index contributed by atoms with van der Waals surface area (Å²) in [7, 11) is 1.50. The molecule has 0 fully saturated rings. The Balaban J connectivity index is 1.89. The third kappa shape index (κ3) is 7.24. The van der Waals surface area contributed by atoms with Crippen molar-refractivity contribution in [2.75, 3.05) is 11.9 Å². The van der Waals surface area contributed by atoms with E-state index in [1.165, 1.54) is 41.8 Å². The maximum Gasteiger partial charge on any atom is 0.416 e. The summed E-state index contributed by atoms with van der Waals surface area (Å²) in [5.41, 5.74) is -2.59. The molecule has 1 heterocycles. The molecule has 1 N–H and O–H groups in total. The summed E-state index contributed by atoms with van der Waals surface area (Å²) in [6, 6.07) is 9.79. The van der Waals surface area contributed by atoms with E-state index in [4.69, 9.17) is 4.74 Å². The first-order chi connectivity index (χ1) is 18.5. The first-order valence-corrected chi connectivity index (χ1v) is 11.9. The Morgan fingerprint density at radius 2 is 1.75 bits per heavy atom. The molecule has 13 heteroatoms. The highest BCUT2D eigenvalue weighted by molar-refractivity contribution is 5.94. The SMILES string of the molecule is C[C@@H](NC(=O)c1ccc(=O)n(-c2cccc(N(C)C(=O)OC(C)(C)C)c2)c1)c1cc([N+](=O)[O-])cc(C(F)(F)F)c1. The summed E-state index contributed by atoms with van der Waals surface area (Å²) in [5, 5.41) is 13.7. The Morgan fingerprint density at radius 3 is 2.35 bits per heavy atom. The monoisotopic (exact) mass is 560 g/mol. The number of rotatable bonds is 6. The van der Waals surface area contributed by atoms with Gasteiger partial charge in [-0.15, -0.1) is 0 Å². The molecule has 0 unspecified atom stereocenters. The lowest BCUT2D eigenvalue weighted by Crippen LogP contribution is -2.34. The first kappa shape index (κ1) is 29.9. The molecule has 1 atom stereocenters. The number of non-ortho nitro benzene ring substituents is 1. The molecule has 3 aromatic rings. The molecule has 0 aliphatic rings. The number of carbonyl (C=O) groups is 2. The average molecular weight is 561 g/mol. The van der Waals surface area contributed by atoms with E-state index in [2.05, 4.69) is 5.32 Å². The lowest BCUT2D eigenvalue weighted by atomic mass is 10.0. The van der Waals surface area contributed by atoms with Crippen molar-refractivity contribution in [3.8, 4) is 5.69 Å². The Labute approximate surface area is 227 Å². The number of nitrogens with one attached hydrogen (secondary N) is 1. The van der Waals surface area contributed by atoms with Crippen molar-refractivity contribution >= 4 is 23.4 Å². The quantitative estimate of drug-likeness (QED) is 0.308. The van der Waals surface area contributed by atoms with Crippen LogP contribution in [0, 0.1) is 10.1 Å². The number of benzene rings is 2. The van der Waals surface area contributed by atoms with Crippen molar-refractivity contribution in [1.29, 1.82) is 0 Å². The van der Waals surface area contributed by atoms with Crippen LogP contribution < -0.4 is 15.8 Å². The minimum absolute atomic E-state index is 0.00109. The molecule has 0 saturated carbocycles. The summed E-state index contributed by atoms with van der Waals surface area (Å²) >= 11 is 0. The topological polar surface area (TPSA) is 124 Å². The normalized spacial score (nSPS) is 12.4. The average Bonchev–Trinajstić information content (AvgIpc) is 2.86. The summed E-state index contributed by atoms with van der Waals surface area (Å²) in [4.78, 5) is 49.5. The molecule has 0 radical (unpaired) electrons. The zero-order valence-electron chi connectivity index (χ0n) is 22.3. The standard InChI is InChI=1S/C27H27F3N4O6/c1-16(18-11-19(27(28,29)30)13-22(12-18)34(38)39)31-24(36)17-9-10-23(35)33(15-17)21-8-6-7-20(14-21)32(5)25(37)40-26(2,3)4/h6-16H,1-5H3,(H,31,36)/t16-/m1/s1. The maximum atomic E-state index is 13.3. The fourth-order valence-corrected chi connectivity index (χ4v) is 3.63. The van der Waals surface area contributed by atoms with Crippen LogP contribution in [-0.2, 0) is 10.9 Å². The number of amides is 2. The predicted molar refractivity (Wildman–Crippen MR) is 141 cm³/mol. The molecule has 1 aromatic heterocycles. The maximum absolute atomic E-state index is 13.3. The van der Waals surface area contributed by atoms with Crippen molar-refractivity contribution in [2.24, 2.45) is 0 Å². The first-order valence-electron chi connectivity index (χ1n) is 11.9. The second-order valence-corrected chi connectivity index (χ2v) is 9.95. The van der Waals surface area contributed by atoms with Gasteiger partial charge in [-0.3, -0.25) is 29.2 Å². The zero-order valence-corrected chi connectivity index (χ0v) is 22.3. The van der Waals surface area contributed by atoms with Crippen LogP contribution in [0.15, 0.2) is 65.6 Å². The van der Waals surface area contributed by atoms with Gasteiger partial charge in [0.15, 0.2) is 0 Å². The fraction of sp³-hybridized carbons (Fsp3) is 0.296. The number of aromatic nitrogens is 1. The van der Waals surface area contributed by atoms with E-state index in [-0.39, 0.29) is 11.1 Å². The smallest absolute Gasteiger partial charge is 0.416 e. The van der Waals surface area contributed by atoms with E-state index in [0.29, 0.717) is 17.4 Å². The summed E-state index contributed by atoms with van der Waals surface area (Å²) in [5.74, 6) is -0.733. The Hall–Kier alpha value is -4.68. The van der Waals surface area contributed by atoms with Crippen molar-refractivity contribution in [3.05, 3.63) is 98.0 Å². The van der Waals surface area contributed by atoms with Crippen molar-refractivity contribution < 1.29 is 32.4 Å². The number of anilines is 1. The minimum Gasteiger partial charge on any atom is -0.443 e. The number of pyridine rings is 1. The zero-order chi connectivity index (χ0) is 30.0. The molecular weight excluding hydrogens is 533 g/mol. The highest BCUT2D eigenvalue weighted by Crippen LogP contribution is 2.34. The summed E-state index contributed by atoms with van der Waals surface area (Å²) < 4.78 is 46.3. The van der Waals surface area contributed by atoms with Gasteiger partial charge in [0.2, 0.25) is 0 Å². The number of ether oxygens (including phenoxy) is 1. The van der Waals surface area contributed by atoms with Crippen molar-refractivity contribution in [1.82, 2.24) is 9.88 Å². The third-order valence-electron chi connectivity index (χ3n) is 5.66. The highest BCUT2D eigenvalue weighted by atomic mass is 19.4. The van der Waals surface area contributed by atoms with Crippen molar-refractivity contribution in [2.45, 2.75) is 45.5 Å². The van der Waals surface area contributed by atoms with Gasteiger partial charge in [0.25, 0.3) is 17.2 Å². The van der Waals surface area contributed by atoms with Gasteiger partial charge in [-0.05, 0) is 63.6 Å². The third-order valence-corrected chi connectivity index (χ3v) is 5.66. The largest absolute Gasteiger partial charge is 0.443 e. The summed E-state index contributed by atoms with van der Waals surface area (Å²) in [6.45, 7) is 6.55. The van der Waals surface area contributed by atoms with Gasteiger partial charge in [-0.2, -0.15) is 13.2 Å². The van der Waals surface area contributed by atoms with Crippen LogP contribution in [0.2, 0.25) is 0 Å². The molecule has 212 valence electrons. The van der Waals surface area contributed by atoms with Gasteiger partial charge in [0.1, 0.15) is 5.60 Å². The predicted octanol–water partition coefficient (Wildman–Crippen LogP) is 5.63. The van der Waals surface area contributed by atoms with Crippen molar-refractivity contribution in [3.63, 3.8) is 0 Å². The van der Waals surface area contributed by atoms with Crippen LogP contribution >= 0.6 is 0 Å². The Bertz CT molecular complexity index is 1510. The van der Waals surface area contributed by atoms with Crippen LogP contribution in [0.25, 0.3) is 5.69 Å². The number of nitrogens with zero attached hydrogens (tertiary/aromatic N) is 3. The van der Waals surface area contributed by atoms with E-state index < -0.39 is 51.6 Å². The number of nitro groups is 1. The fourth-order valence-electron chi connectivity index (χ4n) is 3.63. The van der Waals surface area contributed by atoms with E-state index in [1.54, 1.807) is 39.0 Å². The molecule has 0 aliphatic heterocycles. The lowest BCUT2D eigenvalue weighted by Gasteiger charge is -2.25. The molecule has 0 bridgehead atoms. The number of nitro benzene ring substituents is 1. The number of halogens is 3. The Kier molecular flexibility index (Phi) is 8.37.